The number of hydrogen-bond acceptors (Lipinski definition) is 3. The summed E-state index contributed by atoms with van der Waals surface area (Å²) in [5, 5.41) is 18.2. The zero-order valence-corrected chi connectivity index (χ0v) is 7.23. The third kappa shape index (κ3) is 2.19. The first kappa shape index (κ1) is 9.48. The highest BCUT2D eigenvalue weighted by atomic mass is 16.4. The lowest BCUT2D eigenvalue weighted by Gasteiger charge is -2.13. The standard InChI is InChI=1S/C8H15NO3/c1-9-4-2-6(8(11)12)7(10)3-5-9/h6-7,10H,2-5H2,1H3,(H,11,12)/t6-,7+/m0/s1. The number of rotatable bonds is 1. The van der Waals surface area contributed by atoms with Crippen LogP contribution < -0.4 is 0 Å². The molecule has 0 aromatic heterocycles. The summed E-state index contributed by atoms with van der Waals surface area (Å²) >= 11 is 0. The van der Waals surface area contributed by atoms with Crippen LogP contribution in [0.4, 0.5) is 0 Å². The molecule has 2 N–H and O–H groups in total. The maximum Gasteiger partial charge on any atom is 0.309 e. The van der Waals surface area contributed by atoms with Crippen molar-refractivity contribution in [2.75, 3.05) is 20.1 Å². The minimum Gasteiger partial charge on any atom is -0.481 e. The molecule has 12 heavy (non-hydrogen) atoms. The molecule has 1 heterocycles. The smallest absolute Gasteiger partial charge is 0.309 e. The van der Waals surface area contributed by atoms with Gasteiger partial charge in [0, 0.05) is 6.54 Å². The van der Waals surface area contributed by atoms with E-state index in [1.54, 1.807) is 0 Å². The van der Waals surface area contributed by atoms with Crippen LogP contribution >= 0.6 is 0 Å². The molecule has 4 heteroatoms. The van der Waals surface area contributed by atoms with Crippen molar-refractivity contribution in [1.82, 2.24) is 4.90 Å². The molecular formula is C8H15NO3. The first-order valence-corrected chi connectivity index (χ1v) is 4.20. The molecule has 0 saturated carbocycles. The van der Waals surface area contributed by atoms with E-state index in [1.807, 2.05) is 11.9 Å². The van der Waals surface area contributed by atoms with E-state index in [4.69, 9.17) is 5.11 Å². The summed E-state index contributed by atoms with van der Waals surface area (Å²) in [5.41, 5.74) is 0. The first-order chi connectivity index (χ1) is 5.61. The molecule has 0 spiro atoms. The normalized spacial score (nSPS) is 32.8. The molecular weight excluding hydrogens is 158 g/mol. The van der Waals surface area contributed by atoms with Gasteiger partial charge >= 0.3 is 5.97 Å². The van der Waals surface area contributed by atoms with Crippen LogP contribution in [0, 0.1) is 5.92 Å². The number of aliphatic hydroxyl groups is 1. The van der Waals surface area contributed by atoms with E-state index in [0.717, 1.165) is 13.1 Å². The SMILES string of the molecule is CN1CC[C@@H](O)[C@@H](C(=O)O)CC1. The fraction of sp³-hybridized carbons (Fsp3) is 0.875. The van der Waals surface area contributed by atoms with E-state index in [2.05, 4.69) is 0 Å². The first-order valence-electron chi connectivity index (χ1n) is 4.20. The van der Waals surface area contributed by atoms with Gasteiger partial charge in [-0.05, 0) is 26.4 Å². The average Bonchev–Trinajstić information content (AvgIpc) is 2.14. The highest BCUT2D eigenvalue weighted by Gasteiger charge is 2.28. The summed E-state index contributed by atoms with van der Waals surface area (Å²) in [6, 6.07) is 0. The fourth-order valence-electron chi connectivity index (χ4n) is 1.51. The van der Waals surface area contributed by atoms with Gasteiger partial charge in [-0.3, -0.25) is 4.79 Å². The topological polar surface area (TPSA) is 60.8 Å². The number of carboxylic acids is 1. The molecule has 0 radical (unpaired) electrons. The monoisotopic (exact) mass is 173 g/mol. The Hall–Kier alpha value is -0.610. The third-order valence-electron chi connectivity index (χ3n) is 2.41. The molecule has 2 atom stereocenters. The Morgan fingerprint density at radius 3 is 2.58 bits per heavy atom. The van der Waals surface area contributed by atoms with Gasteiger partial charge in [0.15, 0.2) is 0 Å². The van der Waals surface area contributed by atoms with E-state index >= 15 is 0 Å². The van der Waals surface area contributed by atoms with Crippen LogP contribution in [-0.2, 0) is 4.79 Å². The Bertz CT molecular complexity index is 172. The highest BCUT2D eigenvalue weighted by molar-refractivity contribution is 5.70. The average molecular weight is 173 g/mol. The maximum absolute atomic E-state index is 10.6. The number of hydrogen-bond donors (Lipinski definition) is 2. The van der Waals surface area contributed by atoms with Crippen molar-refractivity contribution >= 4 is 5.97 Å². The number of aliphatic hydroxyl groups excluding tert-OH is 1. The van der Waals surface area contributed by atoms with Crippen LogP contribution in [0.15, 0.2) is 0 Å². The second kappa shape index (κ2) is 3.87. The largest absolute Gasteiger partial charge is 0.481 e. The molecule has 1 aliphatic rings. The molecule has 0 aromatic rings. The van der Waals surface area contributed by atoms with Crippen molar-refractivity contribution in [3.8, 4) is 0 Å². The summed E-state index contributed by atoms with van der Waals surface area (Å²) < 4.78 is 0. The number of carboxylic acid groups (broad SMARTS) is 1. The second-order valence-electron chi connectivity index (χ2n) is 3.39. The van der Waals surface area contributed by atoms with Gasteiger partial charge in [-0.25, -0.2) is 0 Å². The molecule has 1 rings (SSSR count). The van der Waals surface area contributed by atoms with Gasteiger partial charge in [0.2, 0.25) is 0 Å². The lowest BCUT2D eigenvalue weighted by molar-refractivity contribution is -0.145. The molecule has 70 valence electrons. The molecule has 1 aliphatic heterocycles. The number of nitrogens with zero attached hydrogens (tertiary/aromatic N) is 1. The minimum atomic E-state index is -0.877. The Balaban J connectivity index is 2.56. The number of carbonyl (C=O) groups is 1. The van der Waals surface area contributed by atoms with Crippen molar-refractivity contribution in [2.45, 2.75) is 18.9 Å². The van der Waals surface area contributed by atoms with Crippen molar-refractivity contribution in [2.24, 2.45) is 5.92 Å². The van der Waals surface area contributed by atoms with Crippen LogP contribution in [-0.4, -0.2) is 47.3 Å². The maximum atomic E-state index is 10.6. The summed E-state index contributed by atoms with van der Waals surface area (Å²) in [5.74, 6) is -1.45. The number of aliphatic carboxylic acids is 1. The second-order valence-corrected chi connectivity index (χ2v) is 3.39. The predicted octanol–water partition coefficient (Wildman–Crippen LogP) is -0.226. The van der Waals surface area contributed by atoms with Crippen LogP contribution in [0.25, 0.3) is 0 Å². The minimum absolute atomic E-state index is 0.549. The van der Waals surface area contributed by atoms with Crippen LogP contribution in [0.5, 0.6) is 0 Å². The van der Waals surface area contributed by atoms with Gasteiger partial charge in [0.25, 0.3) is 0 Å². The Kier molecular flexibility index (Phi) is 3.05. The summed E-state index contributed by atoms with van der Waals surface area (Å²) in [7, 11) is 1.94. The van der Waals surface area contributed by atoms with Crippen molar-refractivity contribution in [3.63, 3.8) is 0 Å². The molecule has 0 aliphatic carbocycles. The quantitative estimate of drug-likeness (QED) is 0.575. The van der Waals surface area contributed by atoms with E-state index in [-0.39, 0.29) is 0 Å². The van der Waals surface area contributed by atoms with E-state index < -0.39 is 18.0 Å². The van der Waals surface area contributed by atoms with Gasteiger partial charge in [-0.15, -0.1) is 0 Å². The molecule has 0 amide bonds. The molecule has 4 nitrogen and oxygen atoms in total. The lowest BCUT2D eigenvalue weighted by Crippen LogP contribution is -2.27. The van der Waals surface area contributed by atoms with Crippen molar-refractivity contribution in [1.29, 1.82) is 0 Å². The van der Waals surface area contributed by atoms with Crippen molar-refractivity contribution < 1.29 is 15.0 Å². The van der Waals surface area contributed by atoms with E-state index in [9.17, 15) is 9.90 Å². The van der Waals surface area contributed by atoms with Gasteiger partial charge < -0.3 is 15.1 Å². The zero-order chi connectivity index (χ0) is 9.14. The van der Waals surface area contributed by atoms with Gasteiger partial charge in [-0.1, -0.05) is 0 Å². The summed E-state index contributed by atoms with van der Waals surface area (Å²) in [4.78, 5) is 12.7. The predicted molar refractivity (Wildman–Crippen MR) is 43.9 cm³/mol. The van der Waals surface area contributed by atoms with Crippen LogP contribution in [0.2, 0.25) is 0 Å². The van der Waals surface area contributed by atoms with Crippen LogP contribution in [0.3, 0.4) is 0 Å². The van der Waals surface area contributed by atoms with Gasteiger partial charge in [0.05, 0.1) is 12.0 Å². The van der Waals surface area contributed by atoms with Crippen LogP contribution in [0.1, 0.15) is 12.8 Å². The molecule has 0 unspecified atom stereocenters. The summed E-state index contributed by atoms with van der Waals surface area (Å²) in [6.45, 7) is 1.54. The van der Waals surface area contributed by atoms with E-state index in [0.29, 0.717) is 12.8 Å². The lowest BCUT2D eigenvalue weighted by atomic mass is 9.98. The van der Waals surface area contributed by atoms with Gasteiger partial charge in [0.1, 0.15) is 0 Å². The Labute approximate surface area is 71.8 Å². The van der Waals surface area contributed by atoms with Crippen molar-refractivity contribution in [3.05, 3.63) is 0 Å². The fourth-order valence-corrected chi connectivity index (χ4v) is 1.51. The Morgan fingerprint density at radius 1 is 1.42 bits per heavy atom. The molecule has 1 saturated heterocycles. The van der Waals surface area contributed by atoms with E-state index in [1.165, 1.54) is 0 Å². The zero-order valence-electron chi connectivity index (χ0n) is 7.23. The van der Waals surface area contributed by atoms with Gasteiger partial charge in [-0.2, -0.15) is 0 Å². The molecule has 1 fully saturated rings. The summed E-state index contributed by atoms with van der Waals surface area (Å²) in [6.07, 6.45) is 0.438. The Morgan fingerprint density at radius 2 is 2.00 bits per heavy atom. The molecule has 0 bridgehead atoms. The number of likely N-dealkylation sites (tertiary alicyclic amines) is 1. The highest BCUT2D eigenvalue weighted by Crippen LogP contribution is 2.17. The third-order valence-corrected chi connectivity index (χ3v) is 2.41. The molecule has 0 aromatic carbocycles.